The average molecular weight is 176 g/mol. The second-order valence-electron chi connectivity index (χ2n) is 3.47. The molecule has 1 aliphatic rings. The van der Waals surface area contributed by atoms with E-state index in [9.17, 15) is 4.39 Å². The summed E-state index contributed by atoms with van der Waals surface area (Å²) < 4.78 is 11.9. The first-order valence-corrected chi connectivity index (χ1v) is 4.44. The van der Waals surface area contributed by atoms with Crippen molar-refractivity contribution in [3.63, 3.8) is 0 Å². The zero-order valence-electron chi connectivity index (χ0n) is 7.25. The molecule has 0 radical (unpaired) electrons. The molecule has 1 saturated heterocycles. The van der Waals surface area contributed by atoms with Gasteiger partial charge in [0.25, 0.3) is 0 Å². The third-order valence-corrected chi connectivity index (χ3v) is 2.19. The van der Waals surface area contributed by atoms with Crippen molar-refractivity contribution in [2.45, 2.75) is 25.0 Å². The minimum absolute atomic E-state index is 0.200. The maximum absolute atomic E-state index is 11.9. The fraction of sp³-hybridized carbons (Fsp3) is 1.00. The lowest BCUT2D eigenvalue weighted by Gasteiger charge is -2.31. The van der Waals surface area contributed by atoms with E-state index in [1.807, 2.05) is 4.90 Å². The first-order valence-electron chi connectivity index (χ1n) is 4.44. The van der Waals surface area contributed by atoms with Crippen molar-refractivity contribution in [1.82, 2.24) is 4.90 Å². The zero-order chi connectivity index (χ0) is 8.97. The predicted octanol–water partition coefficient (Wildman–Crippen LogP) is -0.260. The van der Waals surface area contributed by atoms with E-state index < -0.39 is 12.8 Å². The van der Waals surface area contributed by atoms with Gasteiger partial charge in [0.15, 0.2) is 0 Å². The number of aliphatic hydroxyl groups excluding tert-OH is 1. The second kappa shape index (κ2) is 4.74. The van der Waals surface area contributed by atoms with Crippen molar-refractivity contribution in [2.24, 2.45) is 5.73 Å². The highest BCUT2D eigenvalue weighted by Gasteiger charge is 2.18. The average Bonchev–Trinajstić information content (AvgIpc) is 2.04. The predicted molar refractivity (Wildman–Crippen MR) is 45.6 cm³/mol. The van der Waals surface area contributed by atoms with Crippen LogP contribution in [0.25, 0.3) is 0 Å². The van der Waals surface area contributed by atoms with Gasteiger partial charge < -0.3 is 10.8 Å². The molecule has 0 aromatic heterocycles. The molecule has 1 aliphatic heterocycles. The summed E-state index contributed by atoms with van der Waals surface area (Å²) in [7, 11) is 0. The Bertz CT molecular complexity index is 134. The maximum atomic E-state index is 11.9. The first-order chi connectivity index (χ1) is 5.72. The Morgan fingerprint density at radius 2 is 2.42 bits per heavy atom. The van der Waals surface area contributed by atoms with Crippen molar-refractivity contribution in [1.29, 1.82) is 0 Å². The van der Waals surface area contributed by atoms with Gasteiger partial charge in [-0.3, -0.25) is 4.90 Å². The van der Waals surface area contributed by atoms with Crippen LogP contribution in [0.2, 0.25) is 0 Å². The number of aliphatic hydroxyl groups is 1. The highest BCUT2D eigenvalue weighted by atomic mass is 19.1. The number of hydrogen-bond donors (Lipinski definition) is 2. The van der Waals surface area contributed by atoms with Gasteiger partial charge in [0.05, 0.1) is 6.10 Å². The summed E-state index contributed by atoms with van der Waals surface area (Å²) in [4.78, 5) is 2.03. The van der Waals surface area contributed by atoms with Crippen LogP contribution in [-0.4, -0.2) is 48.5 Å². The standard InChI is InChI=1S/C8H17FN2O/c9-4-8(12)6-11-3-1-2-7(10)5-11/h7-8,12H,1-6,10H2/t7-,8?/m1/s1. The Kier molecular flexibility index (Phi) is 3.91. The molecule has 1 rings (SSSR count). The molecule has 3 N–H and O–H groups in total. The van der Waals surface area contributed by atoms with Crippen LogP contribution in [0.1, 0.15) is 12.8 Å². The lowest BCUT2D eigenvalue weighted by molar-refractivity contribution is 0.0772. The lowest BCUT2D eigenvalue weighted by Crippen LogP contribution is -2.45. The monoisotopic (exact) mass is 176 g/mol. The number of likely N-dealkylation sites (tertiary alicyclic amines) is 1. The molecule has 0 aromatic carbocycles. The molecule has 12 heavy (non-hydrogen) atoms. The van der Waals surface area contributed by atoms with E-state index in [0.717, 1.165) is 25.9 Å². The summed E-state index contributed by atoms with van der Waals surface area (Å²) in [6.45, 7) is 1.48. The molecule has 72 valence electrons. The molecule has 0 aliphatic carbocycles. The van der Waals surface area contributed by atoms with Crippen molar-refractivity contribution < 1.29 is 9.50 Å². The van der Waals surface area contributed by atoms with Gasteiger partial charge in [0, 0.05) is 19.1 Å². The molecular weight excluding hydrogens is 159 g/mol. The van der Waals surface area contributed by atoms with E-state index in [1.54, 1.807) is 0 Å². The van der Waals surface area contributed by atoms with Crippen molar-refractivity contribution >= 4 is 0 Å². The first kappa shape index (κ1) is 9.89. The van der Waals surface area contributed by atoms with Gasteiger partial charge in [-0.15, -0.1) is 0 Å². The normalized spacial score (nSPS) is 28.8. The molecule has 1 unspecified atom stereocenters. The molecule has 1 fully saturated rings. The molecule has 0 saturated carbocycles. The molecular formula is C8H17FN2O. The lowest BCUT2D eigenvalue weighted by atomic mass is 10.1. The van der Waals surface area contributed by atoms with E-state index in [2.05, 4.69) is 0 Å². The summed E-state index contributed by atoms with van der Waals surface area (Å²) in [5, 5.41) is 9.04. The number of β-amino-alcohol motifs (C(OH)–C–C–N with tert-alkyl or cyclic N) is 1. The van der Waals surface area contributed by atoms with E-state index in [1.165, 1.54) is 0 Å². The molecule has 1 heterocycles. The van der Waals surface area contributed by atoms with Crippen molar-refractivity contribution in [2.75, 3.05) is 26.3 Å². The van der Waals surface area contributed by atoms with Gasteiger partial charge in [-0.1, -0.05) is 0 Å². The number of alkyl halides is 1. The van der Waals surface area contributed by atoms with E-state index >= 15 is 0 Å². The number of piperidine rings is 1. The van der Waals surface area contributed by atoms with Gasteiger partial charge >= 0.3 is 0 Å². The van der Waals surface area contributed by atoms with Gasteiger partial charge in [-0.05, 0) is 19.4 Å². The number of rotatable bonds is 3. The molecule has 4 heteroatoms. The number of nitrogens with two attached hydrogens (primary N) is 1. The third-order valence-electron chi connectivity index (χ3n) is 2.19. The quantitative estimate of drug-likeness (QED) is 0.623. The molecule has 0 spiro atoms. The summed E-state index contributed by atoms with van der Waals surface area (Å²) >= 11 is 0. The highest BCUT2D eigenvalue weighted by molar-refractivity contribution is 4.76. The van der Waals surface area contributed by atoms with E-state index in [-0.39, 0.29) is 6.04 Å². The van der Waals surface area contributed by atoms with Crippen LogP contribution in [0.5, 0.6) is 0 Å². The minimum atomic E-state index is -0.838. The van der Waals surface area contributed by atoms with Gasteiger partial charge in [0.2, 0.25) is 0 Å². The van der Waals surface area contributed by atoms with Gasteiger partial charge in [0.1, 0.15) is 6.67 Å². The van der Waals surface area contributed by atoms with Crippen LogP contribution in [0.4, 0.5) is 4.39 Å². The maximum Gasteiger partial charge on any atom is 0.117 e. The second-order valence-corrected chi connectivity index (χ2v) is 3.47. The van der Waals surface area contributed by atoms with E-state index in [4.69, 9.17) is 10.8 Å². The zero-order valence-corrected chi connectivity index (χ0v) is 7.25. The van der Waals surface area contributed by atoms with Crippen LogP contribution in [-0.2, 0) is 0 Å². The molecule has 0 bridgehead atoms. The van der Waals surface area contributed by atoms with Gasteiger partial charge in [-0.25, -0.2) is 4.39 Å². The smallest absolute Gasteiger partial charge is 0.117 e. The summed E-state index contributed by atoms with van der Waals surface area (Å²) in [5.74, 6) is 0. The Morgan fingerprint density at radius 1 is 1.67 bits per heavy atom. The Labute approximate surface area is 72.3 Å². The number of halogens is 1. The highest BCUT2D eigenvalue weighted by Crippen LogP contribution is 2.08. The van der Waals surface area contributed by atoms with Gasteiger partial charge in [-0.2, -0.15) is 0 Å². The van der Waals surface area contributed by atoms with Crippen molar-refractivity contribution in [3.05, 3.63) is 0 Å². The molecule has 0 amide bonds. The van der Waals surface area contributed by atoms with Crippen LogP contribution in [0.15, 0.2) is 0 Å². The Balaban J connectivity index is 2.22. The van der Waals surface area contributed by atoms with Crippen LogP contribution in [0, 0.1) is 0 Å². The number of hydrogen-bond acceptors (Lipinski definition) is 3. The molecule has 3 nitrogen and oxygen atoms in total. The molecule has 0 aromatic rings. The SMILES string of the molecule is N[C@@H]1CCCN(CC(O)CF)C1. The summed E-state index contributed by atoms with van der Waals surface area (Å²) in [6, 6.07) is 0.200. The largest absolute Gasteiger partial charge is 0.389 e. The van der Waals surface area contributed by atoms with Crippen LogP contribution >= 0.6 is 0 Å². The van der Waals surface area contributed by atoms with Crippen molar-refractivity contribution in [3.8, 4) is 0 Å². The summed E-state index contributed by atoms with van der Waals surface area (Å²) in [6.07, 6.45) is 1.26. The number of nitrogens with zero attached hydrogens (tertiary/aromatic N) is 1. The Hall–Kier alpha value is -0.190. The topological polar surface area (TPSA) is 49.5 Å². The minimum Gasteiger partial charge on any atom is -0.389 e. The summed E-state index contributed by atoms with van der Waals surface area (Å²) in [5.41, 5.74) is 5.73. The van der Waals surface area contributed by atoms with E-state index in [0.29, 0.717) is 6.54 Å². The molecule has 2 atom stereocenters. The van der Waals surface area contributed by atoms with Crippen LogP contribution in [0.3, 0.4) is 0 Å². The van der Waals surface area contributed by atoms with Crippen LogP contribution < -0.4 is 5.73 Å². The Morgan fingerprint density at radius 3 is 3.00 bits per heavy atom. The fourth-order valence-corrected chi connectivity index (χ4v) is 1.60. The fourth-order valence-electron chi connectivity index (χ4n) is 1.60. The third kappa shape index (κ3) is 3.05.